The first-order chi connectivity index (χ1) is 9.38. The molecule has 1 heterocycles. The van der Waals surface area contributed by atoms with Crippen LogP contribution in [0.3, 0.4) is 0 Å². The van der Waals surface area contributed by atoms with Crippen molar-refractivity contribution >= 4 is 27.7 Å². The van der Waals surface area contributed by atoms with E-state index in [1.807, 2.05) is 7.05 Å². The summed E-state index contributed by atoms with van der Waals surface area (Å²) in [4.78, 5) is 15.5. The van der Waals surface area contributed by atoms with Crippen molar-refractivity contribution in [1.82, 2.24) is 14.5 Å². The van der Waals surface area contributed by atoms with Crippen LogP contribution >= 0.6 is 11.6 Å². The number of carbonyl (C=O) groups is 1. The van der Waals surface area contributed by atoms with Gasteiger partial charge >= 0.3 is 6.03 Å². The zero-order valence-corrected chi connectivity index (χ0v) is 12.6. The topological polar surface area (TPSA) is 69.7 Å². The van der Waals surface area contributed by atoms with E-state index >= 15 is 0 Å². The molecular weight excluding hydrogens is 302 g/mol. The van der Waals surface area contributed by atoms with E-state index in [2.05, 4.69) is 9.62 Å². The number of benzene rings is 1. The molecule has 0 spiro atoms. The van der Waals surface area contributed by atoms with Crippen LogP contribution in [0.5, 0.6) is 0 Å². The molecule has 1 saturated heterocycles. The third-order valence-corrected chi connectivity index (χ3v) is 4.72. The van der Waals surface area contributed by atoms with Crippen LogP contribution in [-0.4, -0.2) is 57.5 Å². The number of likely N-dealkylation sites (N-methyl/N-ethyl adjacent to an activating group) is 1. The molecule has 2 rings (SSSR count). The van der Waals surface area contributed by atoms with E-state index in [1.54, 1.807) is 0 Å². The lowest BCUT2D eigenvalue weighted by Gasteiger charge is -2.32. The van der Waals surface area contributed by atoms with Crippen LogP contribution in [0.1, 0.15) is 0 Å². The monoisotopic (exact) mass is 317 g/mol. The van der Waals surface area contributed by atoms with Gasteiger partial charge in [-0.15, -0.1) is 0 Å². The summed E-state index contributed by atoms with van der Waals surface area (Å²) >= 11 is 5.71. The van der Waals surface area contributed by atoms with Crippen LogP contribution in [0.2, 0.25) is 5.02 Å². The van der Waals surface area contributed by atoms with E-state index in [0.717, 1.165) is 13.1 Å². The Hall–Kier alpha value is -1.31. The van der Waals surface area contributed by atoms with E-state index in [9.17, 15) is 13.2 Å². The summed E-state index contributed by atoms with van der Waals surface area (Å²) in [5, 5.41) is 0.439. The minimum absolute atomic E-state index is 0.0179. The van der Waals surface area contributed by atoms with E-state index in [1.165, 1.54) is 29.2 Å². The van der Waals surface area contributed by atoms with Gasteiger partial charge in [0, 0.05) is 31.2 Å². The first-order valence-corrected chi connectivity index (χ1v) is 8.00. The molecule has 1 aliphatic heterocycles. The molecule has 1 aliphatic rings. The zero-order chi connectivity index (χ0) is 14.8. The molecule has 8 heteroatoms. The van der Waals surface area contributed by atoms with Gasteiger partial charge < -0.3 is 9.80 Å². The fourth-order valence-corrected chi connectivity index (χ4v) is 2.96. The number of carbonyl (C=O) groups excluding carboxylic acids is 1. The predicted molar refractivity (Wildman–Crippen MR) is 76.2 cm³/mol. The number of nitrogens with zero attached hydrogens (tertiary/aromatic N) is 2. The maximum Gasteiger partial charge on any atom is 0.331 e. The van der Waals surface area contributed by atoms with Gasteiger partial charge in [-0.05, 0) is 31.3 Å². The van der Waals surface area contributed by atoms with Gasteiger partial charge in [0.1, 0.15) is 0 Å². The summed E-state index contributed by atoms with van der Waals surface area (Å²) < 4.78 is 26.2. The van der Waals surface area contributed by atoms with Gasteiger partial charge in [0.25, 0.3) is 10.0 Å². The molecule has 1 N–H and O–H groups in total. The molecule has 6 nitrogen and oxygen atoms in total. The van der Waals surface area contributed by atoms with Crippen LogP contribution < -0.4 is 4.72 Å². The first-order valence-electron chi connectivity index (χ1n) is 6.14. The highest BCUT2D eigenvalue weighted by molar-refractivity contribution is 7.90. The van der Waals surface area contributed by atoms with Gasteiger partial charge in [-0.1, -0.05) is 11.6 Å². The molecule has 0 atom stereocenters. The molecular formula is C12H16ClN3O3S. The van der Waals surface area contributed by atoms with Crippen molar-refractivity contribution in [3.8, 4) is 0 Å². The number of nitrogens with one attached hydrogen (secondary N) is 1. The quantitative estimate of drug-likeness (QED) is 0.883. The SMILES string of the molecule is CN1CCN(C(=O)NS(=O)(=O)c2ccc(Cl)cc2)CC1. The molecule has 1 fully saturated rings. The molecule has 1 aromatic rings. The molecule has 0 bridgehead atoms. The van der Waals surface area contributed by atoms with Crippen molar-refractivity contribution in [2.75, 3.05) is 33.2 Å². The molecule has 0 aromatic heterocycles. The minimum atomic E-state index is -3.85. The lowest BCUT2D eigenvalue weighted by atomic mass is 10.3. The summed E-state index contributed by atoms with van der Waals surface area (Å²) in [6, 6.07) is 5.07. The Bertz CT molecular complexity index is 580. The molecule has 0 aliphatic carbocycles. The lowest BCUT2D eigenvalue weighted by molar-refractivity contribution is 0.158. The van der Waals surface area contributed by atoms with Crippen molar-refractivity contribution in [1.29, 1.82) is 0 Å². The van der Waals surface area contributed by atoms with Gasteiger partial charge in [0.05, 0.1) is 4.90 Å². The zero-order valence-electron chi connectivity index (χ0n) is 11.0. The van der Waals surface area contributed by atoms with Crippen molar-refractivity contribution in [3.63, 3.8) is 0 Å². The van der Waals surface area contributed by atoms with Crippen LogP contribution in [0.25, 0.3) is 0 Å². The predicted octanol–water partition coefficient (Wildman–Crippen LogP) is 0.986. The van der Waals surface area contributed by atoms with E-state index in [4.69, 9.17) is 11.6 Å². The Morgan fingerprint density at radius 1 is 1.15 bits per heavy atom. The molecule has 110 valence electrons. The number of amides is 2. The summed E-state index contributed by atoms with van der Waals surface area (Å²) in [6.45, 7) is 2.49. The van der Waals surface area contributed by atoms with Crippen molar-refractivity contribution in [2.45, 2.75) is 4.90 Å². The third-order valence-electron chi connectivity index (χ3n) is 3.14. The maximum atomic E-state index is 12.0. The number of rotatable bonds is 2. The average molecular weight is 318 g/mol. The average Bonchev–Trinajstić information content (AvgIpc) is 2.39. The van der Waals surface area contributed by atoms with Gasteiger partial charge in [-0.2, -0.15) is 0 Å². The Balaban J connectivity index is 2.04. The molecule has 0 saturated carbocycles. The standard InChI is InChI=1S/C12H16ClN3O3S/c1-15-6-8-16(9-7-15)12(17)14-20(18,19)11-4-2-10(13)3-5-11/h2-5H,6-9H2,1H3,(H,14,17). The maximum absolute atomic E-state index is 12.0. The molecule has 2 amide bonds. The Morgan fingerprint density at radius 2 is 1.70 bits per heavy atom. The number of hydrogen-bond donors (Lipinski definition) is 1. The van der Waals surface area contributed by atoms with Crippen molar-refractivity contribution in [2.24, 2.45) is 0 Å². The molecule has 0 radical (unpaired) electrons. The summed E-state index contributed by atoms with van der Waals surface area (Å²) in [5.74, 6) is 0. The molecule has 0 unspecified atom stereocenters. The van der Waals surface area contributed by atoms with Crippen LogP contribution in [0.4, 0.5) is 4.79 Å². The van der Waals surface area contributed by atoms with Crippen LogP contribution in [0, 0.1) is 0 Å². The lowest BCUT2D eigenvalue weighted by Crippen LogP contribution is -2.51. The normalized spacial score (nSPS) is 17.0. The number of piperazine rings is 1. The van der Waals surface area contributed by atoms with E-state index < -0.39 is 16.1 Å². The molecule has 1 aromatic carbocycles. The van der Waals surface area contributed by atoms with Crippen molar-refractivity contribution < 1.29 is 13.2 Å². The van der Waals surface area contributed by atoms with E-state index in [-0.39, 0.29) is 4.90 Å². The second-order valence-corrected chi connectivity index (χ2v) is 6.77. The highest BCUT2D eigenvalue weighted by Crippen LogP contribution is 2.14. The summed E-state index contributed by atoms with van der Waals surface area (Å²) in [5.41, 5.74) is 0. The Labute approximate surface area is 123 Å². The number of sulfonamides is 1. The van der Waals surface area contributed by atoms with Gasteiger partial charge in [-0.25, -0.2) is 17.9 Å². The van der Waals surface area contributed by atoms with Gasteiger partial charge in [-0.3, -0.25) is 0 Å². The van der Waals surface area contributed by atoms with Crippen molar-refractivity contribution in [3.05, 3.63) is 29.3 Å². The Morgan fingerprint density at radius 3 is 2.25 bits per heavy atom. The van der Waals surface area contributed by atoms with Crippen LogP contribution in [-0.2, 0) is 10.0 Å². The first kappa shape index (κ1) is 15.1. The summed E-state index contributed by atoms with van der Waals surface area (Å²) in [7, 11) is -1.89. The van der Waals surface area contributed by atoms with Gasteiger partial charge in [0.2, 0.25) is 0 Å². The number of halogens is 1. The highest BCUT2D eigenvalue weighted by atomic mass is 35.5. The number of urea groups is 1. The van der Waals surface area contributed by atoms with Gasteiger partial charge in [0.15, 0.2) is 0 Å². The highest BCUT2D eigenvalue weighted by Gasteiger charge is 2.24. The van der Waals surface area contributed by atoms with E-state index in [0.29, 0.717) is 18.1 Å². The fraction of sp³-hybridized carbons (Fsp3) is 0.417. The number of hydrogen-bond acceptors (Lipinski definition) is 4. The summed E-state index contributed by atoms with van der Waals surface area (Å²) in [6.07, 6.45) is 0. The second-order valence-electron chi connectivity index (χ2n) is 4.65. The Kier molecular flexibility index (Phi) is 4.52. The fourth-order valence-electron chi connectivity index (χ4n) is 1.86. The minimum Gasteiger partial charge on any atom is -0.321 e. The third kappa shape index (κ3) is 3.62. The largest absolute Gasteiger partial charge is 0.331 e. The second kappa shape index (κ2) is 5.99. The molecule has 20 heavy (non-hydrogen) atoms. The van der Waals surface area contributed by atoms with Crippen LogP contribution in [0.15, 0.2) is 29.2 Å². The smallest absolute Gasteiger partial charge is 0.321 e.